The summed E-state index contributed by atoms with van der Waals surface area (Å²) in [7, 11) is 0. The molecule has 0 radical (unpaired) electrons. The third-order valence-corrected chi connectivity index (χ3v) is 6.96. The molecule has 0 spiro atoms. The van der Waals surface area contributed by atoms with Gasteiger partial charge in [0.25, 0.3) is 5.91 Å². The van der Waals surface area contributed by atoms with E-state index in [-0.39, 0.29) is 18.4 Å². The van der Waals surface area contributed by atoms with Crippen LogP contribution < -0.4 is 14.5 Å². The van der Waals surface area contributed by atoms with Crippen molar-refractivity contribution in [1.82, 2.24) is 9.78 Å². The van der Waals surface area contributed by atoms with Gasteiger partial charge in [-0.25, -0.2) is 4.68 Å². The van der Waals surface area contributed by atoms with E-state index in [9.17, 15) is 14.7 Å². The van der Waals surface area contributed by atoms with Crippen molar-refractivity contribution in [2.24, 2.45) is 0 Å². The second kappa shape index (κ2) is 8.29. The molecule has 1 aromatic heterocycles. The molecular formula is C26H26N4O4. The van der Waals surface area contributed by atoms with Crippen molar-refractivity contribution in [3.05, 3.63) is 65.0 Å². The molecule has 2 aromatic carbocycles. The van der Waals surface area contributed by atoms with Crippen molar-refractivity contribution in [2.75, 3.05) is 29.5 Å². The lowest BCUT2D eigenvalue weighted by Crippen LogP contribution is -2.39. The second-order valence-corrected chi connectivity index (χ2v) is 8.96. The number of carbonyl (C=O) groups is 2. The van der Waals surface area contributed by atoms with Crippen molar-refractivity contribution < 1.29 is 19.4 Å². The third kappa shape index (κ3) is 3.37. The van der Waals surface area contributed by atoms with E-state index in [1.165, 1.54) is 0 Å². The van der Waals surface area contributed by atoms with Gasteiger partial charge in [-0.15, -0.1) is 0 Å². The van der Waals surface area contributed by atoms with E-state index in [2.05, 4.69) is 5.10 Å². The average Bonchev–Trinajstić information content (AvgIpc) is 3.49. The van der Waals surface area contributed by atoms with Crippen LogP contribution in [0.4, 0.5) is 11.4 Å². The van der Waals surface area contributed by atoms with Gasteiger partial charge in [-0.05, 0) is 67.3 Å². The first-order chi connectivity index (χ1) is 16.6. The highest BCUT2D eigenvalue weighted by atomic mass is 16.5. The van der Waals surface area contributed by atoms with E-state index in [1.54, 1.807) is 9.58 Å². The molecular weight excluding hydrogens is 432 g/mol. The molecule has 0 aliphatic carbocycles. The molecule has 1 N–H and O–H groups in total. The van der Waals surface area contributed by atoms with E-state index < -0.39 is 0 Å². The van der Waals surface area contributed by atoms with Crippen LogP contribution in [0.15, 0.2) is 42.5 Å². The molecule has 0 unspecified atom stereocenters. The lowest BCUT2D eigenvalue weighted by molar-refractivity contribution is -0.119. The van der Waals surface area contributed by atoms with Gasteiger partial charge in [0.05, 0.1) is 24.6 Å². The summed E-state index contributed by atoms with van der Waals surface area (Å²) in [6.07, 6.45) is 3.97. The summed E-state index contributed by atoms with van der Waals surface area (Å²) < 4.78 is 7.28. The van der Waals surface area contributed by atoms with Gasteiger partial charge in [-0.1, -0.05) is 0 Å². The lowest BCUT2D eigenvalue weighted by atomic mass is 10.0. The first-order valence-corrected chi connectivity index (χ1v) is 11.8. The molecule has 6 rings (SSSR count). The Morgan fingerprint density at radius 1 is 0.882 bits per heavy atom. The van der Waals surface area contributed by atoms with Crippen molar-refractivity contribution in [1.29, 1.82) is 0 Å². The van der Waals surface area contributed by atoms with Crippen LogP contribution in [-0.2, 0) is 24.2 Å². The number of anilines is 2. The minimum absolute atomic E-state index is 0.146. The van der Waals surface area contributed by atoms with Crippen LogP contribution in [0.1, 0.15) is 46.6 Å². The predicted octanol–water partition coefficient (Wildman–Crippen LogP) is 3.02. The molecule has 2 amide bonds. The second-order valence-electron chi connectivity index (χ2n) is 8.96. The molecule has 0 bridgehead atoms. The Morgan fingerprint density at radius 3 is 2.41 bits per heavy atom. The number of aromatic nitrogens is 2. The number of benzene rings is 2. The fourth-order valence-electron chi connectivity index (χ4n) is 5.19. The van der Waals surface area contributed by atoms with E-state index in [4.69, 9.17) is 4.74 Å². The first-order valence-electron chi connectivity index (χ1n) is 11.8. The van der Waals surface area contributed by atoms with Crippen LogP contribution in [0, 0.1) is 0 Å². The van der Waals surface area contributed by atoms with Gasteiger partial charge < -0.3 is 19.6 Å². The van der Waals surface area contributed by atoms with Crippen LogP contribution in [0.25, 0.3) is 5.69 Å². The minimum Gasteiger partial charge on any atom is -0.493 e. The van der Waals surface area contributed by atoms with E-state index in [0.717, 1.165) is 59.7 Å². The minimum atomic E-state index is -0.213. The number of rotatable bonds is 4. The van der Waals surface area contributed by atoms with Gasteiger partial charge in [0.2, 0.25) is 5.91 Å². The van der Waals surface area contributed by atoms with Gasteiger partial charge in [0, 0.05) is 42.9 Å². The van der Waals surface area contributed by atoms with Crippen LogP contribution in [0.5, 0.6) is 5.75 Å². The number of nitrogens with zero attached hydrogens (tertiary/aromatic N) is 4. The molecule has 8 heteroatoms. The number of piperidine rings is 1. The van der Waals surface area contributed by atoms with E-state index in [1.807, 2.05) is 47.4 Å². The maximum atomic E-state index is 13.7. The maximum absolute atomic E-state index is 13.7. The highest BCUT2D eigenvalue weighted by Gasteiger charge is 2.33. The van der Waals surface area contributed by atoms with Crippen LogP contribution in [0.3, 0.4) is 0 Å². The Kier molecular flexibility index (Phi) is 5.10. The van der Waals surface area contributed by atoms with Gasteiger partial charge in [-0.3, -0.25) is 9.59 Å². The number of fused-ring (bicyclic) bond motifs is 2. The predicted molar refractivity (Wildman–Crippen MR) is 127 cm³/mol. The maximum Gasteiger partial charge on any atom is 0.277 e. The van der Waals surface area contributed by atoms with Gasteiger partial charge >= 0.3 is 0 Å². The van der Waals surface area contributed by atoms with Gasteiger partial charge in [0.15, 0.2) is 0 Å². The molecule has 174 valence electrons. The Hall–Kier alpha value is -3.65. The molecule has 1 saturated heterocycles. The molecule has 8 nitrogen and oxygen atoms in total. The SMILES string of the molecule is O=C1CCCCN1c1ccc(N2CCc3c(CO)nn(-c4ccc5c(c4)CCO5)c3C2=O)cc1. The monoisotopic (exact) mass is 458 g/mol. The zero-order chi connectivity index (χ0) is 23.2. The van der Waals surface area contributed by atoms with Crippen LogP contribution in [0.2, 0.25) is 0 Å². The molecule has 4 heterocycles. The van der Waals surface area contributed by atoms with Crippen molar-refractivity contribution >= 4 is 23.2 Å². The normalized spacial score (nSPS) is 17.6. The van der Waals surface area contributed by atoms with Gasteiger partial charge in [0.1, 0.15) is 11.4 Å². The zero-order valence-electron chi connectivity index (χ0n) is 18.9. The molecule has 3 aliphatic heterocycles. The Labute approximate surface area is 197 Å². The lowest BCUT2D eigenvalue weighted by Gasteiger charge is -2.29. The van der Waals surface area contributed by atoms with Crippen LogP contribution in [-0.4, -0.2) is 46.4 Å². The third-order valence-electron chi connectivity index (χ3n) is 6.96. The summed E-state index contributed by atoms with van der Waals surface area (Å²) in [5, 5.41) is 14.5. The quantitative estimate of drug-likeness (QED) is 0.649. The number of aliphatic hydroxyl groups excluding tert-OH is 1. The Morgan fingerprint density at radius 2 is 1.65 bits per heavy atom. The number of hydrogen-bond donors (Lipinski definition) is 1. The highest BCUT2D eigenvalue weighted by Crippen LogP contribution is 2.33. The first kappa shape index (κ1) is 20.9. The van der Waals surface area contributed by atoms with Gasteiger partial charge in [-0.2, -0.15) is 5.10 Å². The summed E-state index contributed by atoms with van der Waals surface area (Å²) in [6.45, 7) is 1.68. The standard InChI is InChI=1S/C26H26N4O4/c31-16-22-21-10-13-29(19-6-4-18(5-7-19)28-12-2-1-3-24(28)32)26(33)25(21)30(27-22)20-8-9-23-17(15-20)11-14-34-23/h4-9,15,31H,1-3,10-14,16H2. The largest absolute Gasteiger partial charge is 0.493 e. The average molecular weight is 459 g/mol. The smallest absolute Gasteiger partial charge is 0.277 e. The topological polar surface area (TPSA) is 87.9 Å². The van der Waals surface area contributed by atoms with Crippen molar-refractivity contribution in [3.63, 3.8) is 0 Å². The van der Waals surface area contributed by atoms with Crippen LogP contribution >= 0.6 is 0 Å². The van der Waals surface area contributed by atoms with E-state index >= 15 is 0 Å². The van der Waals surface area contributed by atoms with Crippen molar-refractivity contribution in [2.45, 2.75) is 38.7 Å². The molecule has 3 aliphatic rings. The number of hydrogen-bond acceptors (Lipinski definition) is 5. The fraction of sp³-hybridized carbons (Fsp3) is 0.346. The van der Waals surface area contributed by atoms with Crippen molar-refractivity contribution in [3.8, 4) is 11.4 Å². The summed E-state index contributed by atoms with van der Waals surface area (Å²) >= 11 is 0. The molecule has 0 saturated carbocycles. The molecule has 0 atom stereocenters. The number of aliphatic hydroxyl groups is 1. The summed E-state index contributed by atoms with van der Waals surface area (Å²) in [6, 6.07) is 13.5. The highest BCUT2D eigenvalue weighted by molar-refractivity contribution is 6.07. The Bertz CT molecular complexity index is 1280. The fourth-order valence-corrected chi connectivity index (χ4v) is 5.19. The molecule has 34 heavy (non-hydrogen) atoms. The van der Waals surface area contributed by atoms with E-state index in [0.29, 0.717) is 37.4 Å². The number of ether oxygens (including phenoxy) is 1. The zero-order valence-corrected chi connectivity index (χ0v) is 18.9. The summed E-state index contributed by atoms with van der Waals surface area (Å²) in [4.78, 5) is 29.5. The summed E-state index contributed by atoms with van der Waals surface area (Å²) in [5.74, 6) is 0.872. The number of amides is 2. The number of carbonyl (C=O) groups excluding carboxylic acids is 2. The summed E-state index contributed by atoms with van der Waals surface area (Å²) in [5.41, 5.74) is 5.36. The molecule has 1 fully saturated rings. The molecule has 3 aromatic rings. The Balaban J connectivity index is 1.33.